The van der Waals surface area contributed by atoms with Crippen LogP contribution in [-0.4, -0.2) is 26.9 Å². The van der Waals surface area contributed by atoms with Gasteiger partial charge in [-0.1, -0.05) is 11.6 Å². The summed E-state index contributed by atoms with van der Waals surface area (Å²) in [6.07, 6.45) is 0. The molecule has 0 spiro atoms. The summed E-state index contributed by atoms with van der Waals surface area (Å²) in [6.45, 7) is 0. The third-order valence-electron chi connectivity index (χ3n) is 3.74. The molecule has 2 aromatic carbocycles. The van der Waals surface area contributed by atoms with E-state index in [4.69, 9.17) is 20.8 Å². The molecular formula is C17H11ClF3NO5S. The zero-order valence-electron chi connectivity index (χ0n) is 14.0. The number of carbonyl (C=O) groups excluding carboxylic acids is 1. The van der Waals surface area contributed by atoms with Crippen molar-refractivity contribution in [3.05, 3.63) is 53.2 Å². The van der Waals surface area contributed by atoms with E-state index in [1.165, 1.54) is 13.2 Å². The molecule has 1 N–H and O–H groups in total. The summed E-state index contributed by atoms with van der Waals surface area (Å²) in [6, 6.07) is 8.47. The van der Waals surface area contributed by atoms with Crippen LogP contribution in [0, 0.1) is 0 Å². The van der Waals surface area contributed by atoms with E-state index in [0.29, 0.717) is 22.1 Å². The van der Waals surface area contributed by atoms with Crippen molar-refractivity contribution in [2.45, 2.75) is 10.4 Å². The van der Waals surface area contributed by atoms with Gasteiger partial charge in [0.25, 0.3) is 15.7 Å². The van der Waals surface area contributed by atoms with Gasteiger partial charge in [-0.2, -0.15) is 13.2 Å². The van der Waals surface area contributed by atoms with Crippen LogP contribution in [0.2, 0.25) is 5.02 Å². The molecule has 0 aliphatic carbocycles. The van der Waals surface area contributed by atoms with E-state index >= 15 is 0 Å². The van der Waals surface area contributed by atoms with E-state index in [0.717, 1.165) is 12.1 Å². The summed E-state index contributed by atoms with van der Waals surface area (Å²) in [5.74, 6) is -0.996. The number of benzene rings is 2. The number of sulfone groups is 1. The van der Waals surface area contributed by atoms with E-state index in [1.807, 2.05) is 0 Å². The molecule has 1 amide bonds. The largest absolute Gasteiger partial charge is 0.501 e. The van der Waals surface area contributed by atoms with Crippen molar-refractivity contribution in [3.63, 3.8) is 0 Å². The van der Waals surface area contributed by atoms with Crippen molar-refractivity contribution in [2.24, 2.45) is 0 Å². The minimum Gasteiger partial charge on any atom is -0.495 e. The van der Waals surface area contributed by atoms with Gasteiger partial charge >= 0.3 is 5.51 Å². The highest BCUT2D eigenvalue weighted by molar-refractivity contribution is 7.92. The van der Waals surface area contributed by atoms with Crippen molar-refractivity contribution < 1.29 is 35.5 Å². The van der Waals surface area contributed by atoms with Crippen molar-refractivity contribution >= 4 is 44.0 Å². The smallest absolute Gasteiger partial charge is 0.495 e. The highest BCUT2D eigenvalue weighted by Gasteiger charge is 2.47. The van der Waals surface area contributed by atoms with Crippen molar-refractivity contribution in [3.8, 4) is 5.75 Å². The fourth-order valence-electron chi connectivity index (χ4n) is 2.40. The molecule has 1 aromatic heterocycles. The Balaban J connectivity index is 1.98. The Hall–Kier alpha value is -2.72. The van der Waals surface area contributed by atoms with E-state index in [2.05, 4.69) is 5.32 Å². The first-order valence-electron chi connectivity index (χ1n) is 7.53. The molecule has 0 saturated carbocycles. The number of hydrogen-bond donors (Lipinski definition) is 1. The summed E-state index contributed by atoms with van der Waals surface area (Å²) in [7, 11) is -4.38. The number of fused-ring (bicyclic) bond motifs is 1. The molecule has 0 saturated heterocycles. The molecule has 28 heavy (non-hydrogen) atoms. The fourth-order valence-corrected chi connectivity index (χ4v) is 3.36. The third-order valence-corrected chi connectivity index (χ3v) is 5.46. The SMILES string of the molecule is COc1ccc(S(=O)(=O)C(F)(F)F)cc1NC(=O)c1cc2cc(Cl)ccc2o1. The van der Waals surface area contributed by atoms with Gasteiger partial charge in [0, 0.05) is 10.4 Å². The van der Waals surface area contributed by atoms with Crippen LogP contribution < -0.4 is 10.1 Å². The van der Waals surface area contributed by atoms with E-state index < -0.39 is 26.1 Å². The van der Waals surface area contributed by atoms with E-state index in [1.54, 1.807) is 18.2 Å². The van der Waals surface area contributed by atoms with Gasteiger partial charge in [0.05, 0.1) is 17.7 Å². The van der Waals surface area contributed by atoms with E-state index in [-0.39, 0.29) is 17.2 Å². The lowest BCUT2D eigenvalue weighted by Crippen LogP contribution is -2.23. The van der Waals surface area contributed by atoms with Crippen LogP contribution in [0.25, 0.3) is 11.0 Å². The number of halogens is 4. The first kappa shape index (κ1) is 20.0. The Morgan fingerprint density at radius 1 is 1.14 bits per heavy atom. The van der Waals surface area contributed by atoms with Crippen molar-refractivity contribution in [1.29, 1.82) is 0 Å². The summed E-state index contributed by atoms with van der Waals surface area (Å²) >= 11 is 5.87. The topological polar surface area (TPSA) is 85.6 Å². The maximum absolute atomic E-state index is 12.8. The van der Waals surface area contributed by atoms with Crippen LogP contribution in [0.15, 0.2) is 51.8 Å². The highest BCUT2D eigenvalue weighted by atomic mass is 35.5. The van der Waals surface area contributed by atoms with Gasteiger partial charge in [-0.05, 0) is 42.5 Å². The predicted octanol–water partition coefficient (Wildman–Crippen LogP) is 4.64. The first-order chi connectivity index (χ1) is 13.0. The van der Waals surface area contributed by atoms with Crippen LogP contribution in [0.5, 0.6) is 5.75 Å². The Labute approximate surface area is 161 Å². The number of furan rings is 1. The number of nitrogens with one attached hydrogen (secondary N) is 1. The molecular weight excluding hydrogens is 423 g/mol. The molecule has 6 nitrogen and oxygen atoms in total. The molecule has 3 aromatic rings. The second-order valence-corrected chi connectivity index (χ2v) is 7.94. The number of rotatable bonds is 4. The Kier molecular flexibility index (Phi) is 5.02. The molecule has 11 heteroatoms. The number of alkyl halides is 3. The molecule has 0 bridgehead atoms. The maximum atomic E-state index is 12.8. The number of amides is 1. The van der Waals surface area contributed by atoms with Gasteiger partial charge in [-0.25, -0.2) is 8.42 Å². The van der Waals surface area contributed by atoms with E-state index in [9.17, 15) is 26.4 Å². The molecule has 0 fully saturated rings. The van der Waals surface area contributed by atoms with Crippen LogP contribution in [0.3, 0.4) is 0 Å². The monoisotopic (exact) mass is 433 g/mol. The summed E-state index contributed by atoms with van der Waals surface area (Å²) in [4.78, 5) is 11.4. The molecule has 3 rings (SSSR count). The Morgan fingerprint density at radius 3 is 2.50 bits per heavy atom. The highest BCUT2D eigenvalue weighted by Crippen LogP contribution is 2.35. The number of carbonyl (C=O) groups is 1. The first-order valence-corrected chi connectivity index (χ1v) is 9.39. The molecule has 0 radical (unpaired) electrons. The molecule has 1 heterocycles. The minimum absolute atomic E-state index is 0.0337. The molecule has 148 valence electrons. The zero-order chi connectivity index (χ0) is 20.7. The number of hydrogen-bond acceptors (Lipinski definition) is 5. The van der Waals surface area contributed by atoms with Crippen LogP contribution in [0.4, 0.5) is 18.9 Å². The quantitative estimate of drug-likeness (QED) is 0.647. The summed E-state index contributed by atoms with van der Waals surface area (Å²) < 4.78 is 71.9. The lowest BCUT2D eigenvalue weighted by atomic mass is 10.2. The Morgan fingerprint density at radius 2 is 1.86 bits per heavy atom. The average Bonchev–Trinajstić information content (AvgIpc) is 3.04. The predicted molar refractivity (Wildman–Crippen MR) is 95.4 cm³/mol. The van der Waals surface area contributed by atoms with Gasteiger partial charge in [0.1, 0.15) is 11.3 Å². The van der Waals surface area contributed by atoms with Gasteiger partial charge < -0.3 is 14.5 Å². The number of methoxy groups -OCH3 is 1. The van der Waals surface area contributed by atoms with Gasteiger partial charge in [0.2, 0.25) is 0 Å². The average molecular weight is 434 g/mol. The normalized spacial score (nSPS) is 12.2. The van der Waals surface area contributed by atoms with Crippen LogP contribution >= 0.6 is 11.6 Å². The fraction of sp³-hybridized carbons (Fsp3) is 0.118. The second kappa shape index (κ2) is 7.02. The Bertz CT molecular complexity index is 1170. The minimum atomic E-state index is -5.59. The molecule has 0 atom stereocenters. The van der Waals surface area contributed by atoms with Crippen LogP contribution in [0.1, 0.15) is 10.6 Å². The van der Waals surface area contributed by atoms with Crippen LogP contribution in [-0.2, 0) is 9.84 Å². The number of anilines is 1. The second-order valence-electron chi connectivity index (χ2n) is 5.56. The lowest BCUT2D eigenvalue weighted by molar-refractivity contribution is -0.0436. The third kappa shape index (κ3) is 3.65. The van der Waals surface area contributed by atoms with Crippen molar-refractivity contribution in [2.75, 3.05) is 12.4 Å². The molecule has 0 aliphatic heterocycles. The van der Waals surface area contributed by atoms with Crippen molar-refractivity contribution in [1.82, 2.24) is 0 Å². The standard InChI is InChI=1S/C17H11ClF3NO5S/c1-26-14-5-3-11(28(24,25)17(19,20)21)8-12(14)22-16(23)15-7-9-6-10(18)2-4-13(9)27-15/h2-8H,1H3,(H,22,23). The molecule has 0 aliphatic rings. The van der Waals surface area contributed by atoms with Gasteiger partial charge in [-0.3, -0.25) is 4.79 Å². The van der Waals surface area contributed by atoms with Gasteiger partial charge in [-0.15, -0.1) is 0 Å². The van der Waals surface area contributed by atoms with Gasteiger partial charge in [0.15, 0.2) is 5.76 Å². The summed E-state index contributed by atoms with van der Waals surface area (Å²) in [5.41, 5.74) is -5.38. The summed E-state index contributed by atoms with van der Waals surface area (Å²) in [5, 5.41) is 3.26. The zero-order valence-corrected chi connectivity index (χ0v) is 15.6. The maximum Gasteiger partial charge on any atom is 0.501 e. The number of ether oxygens (including phenoxy) is 1. The lowest BCUT2D eigenvalue weighted by Gasteiger charge is -2.13. The molecule has 0 unspecified atom stereocenters.